The number of benzene rings is 1. The Bertz CT molecular complexity index is 516. The number of halogens is 1. The molecular formula is C14H15BrN2O. The first-order chi connectivity index (χ1) is 8.66. The van der Waals surface area contributed by atoms with E-state index < -0.39 is 0 Å². The van der Waals surface area contributed by atoms with Gasteiger partial charge in [-0.15, -0.1) is 0 Å². The summed E-state index contributed by atoms with van der Waals surface area (Å²) in [4.78, 5) is 4.01. The van der Waals surface area contributed by atoms with Crippen LogP contribution in [0.3, 0.4) is 0 Å². The minimum Gasteiger partial charge on any atom is -0.507 e. The molecule has 0 unspecified atom stereocenters. The van der Waals surface area contributed by atoms with Crippen molar-refractivity contribution in [3.63, 3.8) is 0 Å². The van der Waals surface area contributed by atoms with E-state index >= 15 is 0 Å². The fourth-order valence-electron chi connectivity index (χ4n) is 1.70. The van der Waals surface area contributed by atoms with Crippen LogP contribution in [-0.2, 0) is 6.54 Å². The van der Waals surface area contributed by atoms with Gasteiger partial charge in [-0.2, -0.15) is 0 Å². The molecule has 0 bridgehead atoms. The first-order valence-corrected chi connectivity index (χ1v) is 6.57. The van der Waals surface area contributed by atoms with Gasteiger partial charge in [0.2, 0.25) is 0 Å². The number of hydrogen-bond acceptors (Lipinski definition) is 3. The molecular weight excluding hydrogens is 292 g/mol. The fourth-order valence-corrected chi connectivity index (χ4v) is 2.13. The molecule has 0 aliphatic carbocycles. The van der Waals surface area contributed by atoms with Crippen LogP contribution in [0.1, 0.15) is 24.1 Å². The Hall–Kier alpha value is -1.39. The summed E-state index contributed by atoms with van der Waals surface area (Å²) in [5.41, 5.74) is 2.34. The molecule has 0 spiro atoms. The van der Waals surface area contributed by atoms with Gasteiger partial charge in [-0.1, -0.05) is 6.07 Å². The van der Waals surface area contributed by atoms with Crippen LogP contribution in [0.4, 0.5) is 0 Å². The third-order valence-electron chi connectivity index (χ3n) is 2.83. The van der Waals surface area contributed by atoms with Crippen molar-refractivity contribution >= 4 is 15.9 Å². The smallest absolute Gasteiger partial charge is 0.129 e. The van der Waals surface area contributed by atoms with Gasteiger partial charge in [0.25, 0.3) is 0 Å². The Kier molecular flexibility index (Phi) is 4.33. The van der Waals surface area contributed by atoms with Crippen LogP contribution in [0.25, 0.3) is 0 Å². The molecule has 0 aliphatic rings. The zero-order chi connectivity index (χ0) is 13.0. The van der Waals surface area contributed by atoms with E-state index in [9.17, 15) is 5.11 Å². The second kappa shape index (κ2) is 5.98. The van der Waals surface area contributed by atoms with Crippen molar-refractivity contribution < 1.29 is 5.11 Å². The SMILES string of the molecule is C[C@H](NCc1ccc(O)c(Br)c1)c1ccncc1. The summed E-state index contributed by atoms with van der Waals surface area (Å²) in [6.07, 6.45) is 3.59. The highest BCUT2D eigenvalue weighted by molar-refractivity contribution is 9.10. The maximum absolute atomic E-state index is 9.42. The lowest BCUT2D eigenvalue weighted by Gasteiger charge is -2.14. The Morgan fingerprint density at radius 3 is 2.67 bits per heavy atom. The van der Waals surface area contributed by atoms with E-state index in [0.717, 1.165) is 16.6 Å². The Morgan fingerprint density at radius 1 is 1.28 bits per heavy atom. The van der Waals surface area contributed by atoms with Gasteiger partial charge in [0.1, 0.15) is 5.75 Å². The van der Waals surface area contributed by atoms with Gasteiger partial charge in [0.15, 0.2) is 0 Å². The van der Waals surface area contributed by atoms with Crippen LogP contribution in [0, 0.1) is 0 Å². The number of hydrogen-bond donors (Lipinski definition) is 2. The molecule has 2 N–H and O–H groups in total. The number of phenolic OH excluding ortho intramolecular Hbond substituents is 1. The predicted octanol–water partition coefficient (Wildman–Crippen LogP) is 3.40. The highest BCUT2D eigenvalue weighted by atomic mass is 79.9. The van der Waals surface area contributed by atoms with Gasteiger partial charge in [-0.3, -0.25) is 4.98 Å². The van der Waals surface area contributed by atoms with Gasteiger partial charge in [0, 0.05) is 25.0 Å². The van der Waals surface area contributed by atoms with E-state index in [2.05, 4.69) is 33.2 Å². The molecule has 0 aliphatic heterocycles. The van der Waals surface area contributed by atoms with E-state index in [4.69, 9.17) is 0 Å². The topological polar surface area (TPSA) is 45.1 Å². The third kappa shape index (κ3) is 3.31. The van der Waals surface area contributed by atoms with Crippen molar-refractivity contribution in [3.05, 3.63) is 58.3 Å². The minimum absolute atomic E-state index is 0.264. The molecule has 0 saturated carbocycles. The first kappa shape index (κ1) is 13.1. The van der Waals surface area contributed by atoms with Crippen molar-refractivity contribution in [1.82, 2.24) is 10.3 Å². The number of nitrogens with zero attached hydrogens (tertiary/aromatic N) is 1. The molecule has 1 aromatic heterocycles. The molecule has 4 heteroatoms. The van der Waals surface area contributed by atoms with E-state index in [1.54, 1.807) is 18.5 Å². The standard InChI is InChI=1S/C14H15BrN2O/c1-10(12-4-6-16-7-5-12)17-9-11-2-3-14(18)13(15)8-11/h2-8,10,17-18H,9H2,1H3/t10-/m0/s1. The summed E-state index contributed by atoms with van der Waals surface area (Å²) in [5, 5.41) is 12.9. The van der Waals surface area contributed by atoms with Gasteiger partial charge in [0.05, 0.1) is 4.47 Å². The quantitative estimate of drug-likeness (QED) is 0.910. The van der Waals surface area contributed by atoms with Crippen LogP contribution in [0.2, 0.25) is 0 Å². The lowest BCUT2D eigenvalue weighted by Crippen LogP contribution is -2.18. The Morgan fingerprint density at radius 2 is 2.00 bits per heavy atom. The Labute approximate surface area is 115 Å². The number of rotatable bonds is 4. The number of aromatic nitrogens is 1. The first-order valence-electron chi connectivity index (χ1n) is 5.77. The van der Waals surface area contributed by atoms with Crippen LogP contribution in [-0.4, -0.2) is 10.1 Å². The van der Waals surface area contributed by atoms with Crippen molar-refractivity contribution in [2.45, 2.75) is 19.5 Å². The van der Waals surface area contributed by atoms with Crippen LogP contribution < -0.4 is 5.32 Å². The maximum atomic E-state index is 9.42. The van der Waals surface area contributed by atoms with Crippen molar-refractivity contribution in [2.24, 2.45) is 0 Å². The molecule has 2 aromatic rings. The van der Waals surface area contributed by atoms with E-state index in [1.165, 1.54) is 5.56 Å². The summed E-state index contributed by atoms with van der Waals surface area (Å²) in [6, 6.07) is 9.79. The van der Waals surface area contributed by atoms with Crippen LogP contribution in [0.15, 0.2) is 47.2 Å². The molecule has 0 fully saturated rings. The monoisotopic (exact) mass is 306 g/mol. The third-order valence-corrected chi connectivity index (χ3v) is 3.47. The minimum atomic E-state index is 0.264. The zero-order valence-corrected chi connectivity index (χ0v) is 11.7. The summed E-state index contributed by atoms with van der Waals surface area (Å²) >= 11 is 3.31. The van der Waals surface area contributed by atoms with Crippen LogP contribution >= 0.6 is 15.9 Å². The van der Waals surface area contributed by atoms with Crippen molar-refractivity contribution in [3.8, 4) is 5.75 Å². The summed E-state index contributed by atoms with van der Waals surface area (Å²) < 4.78 is 0.721. The van der Waals surface area contributed by atoms with E-state index in [1.807, 2.05) is 24.3 Å². The van der Waals surface area contributed by atoms with Gasteiger partial charge in [-0.05, 0) is 58.2 Å². The second-order valence-corrected chi connectivity index (χ2v) is 5.02. The lowest BCUT2D eigenvalue weighted by atomic mass is 10.1. The average Bonchev–Trinajstić information content (AvgIpc) is 2.41. The summed E-state index contributed by atoms with van der Waals surface area (Å²) in [7, 11) is 0. The second-order valence-electron chi connectivity index (χ2n) is 4.17. The van der Waals surface area contributed by atoms with Gasteiger partial charge in [-0.25, -0.2) is 0 Å². The molecule has 0 saturated heterocycles. The van der Waals surface area contributed by atoms with E-state index in [-0.39, 0.29) is 11.8 Å². The molecule has 1 atom stereocenters. The number of aromatic hydroxyl groups is 1. The van der Waals surface area contributed by atoms with Gasteiger partial charge < -0.3 is 10.4 Å². The molecule has 94 valence electrons. The van der Waals surface area contributed by atoms with Crippen molar-refractivity contribution in [2.75, 3.05) is 0 Å². The van der Waals surface area contributed by atoms with Gasteiger partial charge >= 0.3 is 0 Å². The fraction of sp³-hybridized carbons (Fsp3) is 0.214. The molecule has 18 heavy (non-hydrogen) atoms. The number of phenols is 1. The summed E-state index contributed by atoms with van der Waals surface area (Å²) in [5.74, 6) is 0.265. The average molecular weight is 307 g/mol. The van der Waals surface area contributed by atoms with Crippen LogP contribution in [0.5, 0.6) is 5.75 Å². The zero-order valence-electron chi connectivity index (χ0n) is 10.1. The highest BCUT2D eigenvalue weighted by Gasteiger charge is 2.05. The molecule has 2 rings (SSSR count). The number of pyridine rings is 1. The lowest BCUT2D eigenvalue weighted by molar-refractivity contribution is 0.471. The molecule has 0 radical (unpaired) electrons. The van der Waals surface area contributed by atoms with E-state index in [0.29, 0.717) is 0 Å². The highest BCUT2D eigenvalue weighted by Crippen LogP contribution is 2.24. The van der Waals surface area contributed by atoms with Crippen molar-refractivity contribution in [1.29, 1.82) is 0 Å². The molecule has 1 heterocycles. The molecule has 1 aromatic carbocycles. The normalized spacial score (nSPS) is 12.3. The largest absolute Gasteiger partial charge is 0.507 e. The number of nitrogens with one attached hydrogen (secondary N) is 1. The Balaban J connectivity index is 1.97. The summed E-state index contributed by atoms with van der Waals surface area (Å²) in [6.45, 7) is 2.87. The maximum Gasteiger partial charge on any atom is 0.129 e. The predicted molar refractivity (Wildman–Crippen MR) is 75.3 cm³/mol. The molecule has 3 nitrogen and oxygen atoms in total. The molecule has 0 amide bonds.